The number of benzene rings is 1. The maximum absolute atomic E-state index is 12.8. The summed E-state index contributed by atoms with van der Waals surface area (Å²) < 4.78 is 38.5. The van der Waals surface area contributed by atoms with Gasteiger partial charge in [-0.2, -0.15) is 18.2 Å². The minimum atomic E-state index is -4.47. The Morgan fingerprint density at radius 3 is 2.28 bits per heavy atom. The molecule has 4 nitrogen and oxygen atoms in total. The molecule has 4 N–H and O–H groups in total. The fraction of sp³-hybridized carbons (Fsp3) is 0.0909. The topological polar surface area (TPSA) is 77.8 Å². The molecule has 0 radical (unpaired) electrons. The molecule has 18 heavy (non-hydrogen) atoms. The Hall–Kier alpha value is -2.31. The lowest BCUT2D eigenvalue weighted by atomic mass is 10.0. The lowest BCUT2D eigenvalue weighted by Crippen LogP contribution is -2.08. The lowest BCUT2D eigenvalue weighted by Gasteiger charge is -2.13. The number of anilines is 2. The zero-order chi connectivity index (χ0) is 13.3. The molecule has 1 aromatic carbocycles. The van der Waals surface area contributed by atoms with Crippen LogP contribution in [-0.4, -0.2) is 9.97 Å². The zero-order valence-electron chi connectivity index (χ0n) is 9.07. The zero-order valence-corrected chi connectivity index (χ0v) is 9.07. The van der Waals surface area contributed by atoms with Crippen molar-refractivity contribution in [3.63, 3.8) is 0 Å². The van der Waals surface area contributed by atoms with Crippen LogP contribution in [-0.2, 0) is 6.18 Å². The second-order valence-electron chi connectivity index (χ2n) is 3.57. The van der Waals surface area contributed by atoms with E-state index in [9.17, 15) is 13.2 Å². The van der Waals surface area contributed by atoms with Crippen molar-refractivity contribution in [2.45, 2.75) is 6.18 Å². The summed E-state index contributed by atoms with van der Waals surface area (Å²) >= 11 is 0. The quantitative estimate of drug-likeness (QED) is 0.818. The van der Waals surface area contributed by atoms with Gasteiger partial charge in [-0.3, -0.25) is 0 Å². The van der Waals surface area contributed by atoms with Gasteiger partial charge in [0.05, 0.1) is 5.56 Å². The highest BCUT2D eigenvalue weighted by Crippen LogP contribution is 2.38. The number of nitrogens with two attached hydrogens (primary N) is 2. The average Bonchev–Trinajstić information content (AvgIpc) is 2.28. The van der Waals surface area contributed by atoms with Gasteiger partial charge in [-0.05, 0) is 11.6 Å². The molecule has 0 bridgehead atoms. The molecule has 0 amide bonds. The highest BCUT2D eigenvalue weighted by Gasteiger charge is 2.33. The fourth-order valence-corrected chi connectivity index (χ4v) is 1.58. The van der Waals surface area contributed by atoms with Crippen LogP contribution in [0.1, 0.15) is 5.56 Å². The summed E-state index contributed by atoms with van der Waals surface area (Å²) in [6.45, 7) is 0. The standard InChI is InChI=1S/C11H9F3N4/c12-11(13,14)8-4-2-1-3-6(8)7-5-17-10(16)18-9(7)15/h1-5H,(H4,15,16,17,18). The van der Waals surface area contributed by atoms with Crippen LogP contribution in [0.15, 0.2) is 30.5 Å². The van der Waals surface area contributed by atoms with Gasteiger partial charge in [0.1, 0.15) is 5.82 Å². The molecule has 0 spiro atoms. The first-order valence-corrected chi connectivity index (χ1v) is 4.94. The highest BCUT2D eigenvalue weighted by molar-refractivity contribution is 5.76. The molecule has 0 saturated heterocycles. The van der Waals surface area contributed by atoms with E-state index in [0.717, 1.165) is 6.07 Å². The average molecular weight is 254 g/mol. The highest BCUT2D eigenvalue weighted by atomic mass is 19.4. The van der Waals surface area contributed by atoms with E-state index in [1.165, 1.54) is 24.4 Å². The van der Waals surface area contributed by atoms with Gasteiger partial charge >= 0.3 is 6.18 Å². The van der Waals surface area contributed by atoms with Crippen molar-refractivity contribution in [1.29, 1.82) is 0 Å². The summed E-state index contributed by atoms with van der Waals surface area (Å²) in [5, 5.41) is 0. The normalized spacial score (nSPS) is 11.5. The van der Waals surface area contributed by atoms with Crippen LogP contribution in [0.3, 0.4) is 0 Å². The van der Waals surface area contributed by atoms with E-state index in [-0.39, 0.29) is 22.9 Å². The smallest absolute Gasteiger partial charge is 0.383 e. The molecule has 1 aromatic heterocycles. The molecule has 2 aromatic rings. The number of halogens is 3. The van der Waals surface area contributed by atoms with Gasteiger partial charge in [0.25, 0.3) is 0 Å². The van der Waals surface area contributed by atoms with Gasteiger partial charge < -0.3 is 11.5 Å². The molecule has 0 aliphatic carbocycles. The van der Waals surface area contributed by atoms with Crippen molar-refractivity contribution in [2.24, 2.45) is 0 Å². The van der Waals surface area contributed by atoms with E-state index in [4.69, 9.17) is 11.5 Å². The molecule has 94 valence electrons. The minimum absolute atomic E-state index is 0.0671. The van der Waals surface area contributed by atoms with Crippen LogP contribution in [0.2, 0.25) is 0 Å². The van der Waals surface area contributed by atoms with E-state index in [1.807, 2.05) is 0 Å². The van der Waals surface area contributed by atoms with Crippen LogP contribution in [0.4, 0.5) is 24.9 Å². The number of hydrogen-bond donors (Lipinski definition) is 2. The summed E-state index contributed by atoms with van der Waals surface area (Å²) in [4.78, 5) is 7.31. The SMILES string of the molecule is Nc1ncc(-c2ccccc2C(F)(F)F)c(N)n1. The third-order valence-corrected chi connectivity index (χ3v) is 2.36. The Balaban J connectivity index is 2.64. The van der Waals surface area contributed by atoms with Crippen LogP contribution in [0.5, 0.6) is 0 Å². The van der Waals surface area contributed by atoms with E-state index < -0.39 is 11.7 Å². The van der Waals surface area contributed by atoms with E-state index in [0.29, 0.717) is 0 Å². The second-order valence-corrected chi connectivity index (χ2v) is 3.57. The third-order valence-electron chi connectivity index (χ3n) is 2.36. The monoisotopic (exact) mass is 254 g/mol. The van der Waals surface area contributed by atoms with Gasteiger partial charge in [0, 0.05) is 11.8 Å². The number of aromatic nitrogens is 2. The van der Waals surface area contributed by atoms with Gasteiger partial charge in [0.2, 0.25) is 5.95 Å². The number of rotatable bonds is 1. The van der Waals surface area contributed by atoms with Crippen LogP contribution in [0.25, 0.3) is 11.1 Å². The largest absolute Gasteiger partial charge is 0.417 e. The summed E-state index contributed by atoms with van der Waals surface area (Å²) in [5.41, 5.74) is 10.1. The van der Waals surface area contributed by atoms with Crippen LogP contribution >= 0.6 is 0 Å². The molecule has 0 fully saturated rings. The van der Waals surface area contributed by atoms with Crippen molar-refractivity contribution < 1.29 is 13.2 Å². The minimum Gasteiger partial charge on any atom is -0.383 e. The van der Waals surface area contributed by atoms with E-state index in [2.05, 4.69) is 9.97 Å². The summed E-state index contributed by atoms with van der Waals surface area (Å²) in [7, 11) is 0. The Bertz CT molecular complexity index is 581. The summed E-state index contributed by atoms with van der Waals surface area (Å²) in [5.74, 6) is -0.167. The number of nitrogens with zero attached hydrogens (tertiary/aromatic N) is 2. The molecule has 0 aliphatic heterocycles. The predicted octanol–water partition coefficient (Wildman–Crippen LogP) is 2.33. The molecular weight excluding hydrogens is 245 g/mol. The van der Waals surface area contributed by atoms with Gasteiger partial charge in [-0.15, -0.1) is 0 Å². The summed E-state index contributed by atoms with van der Waals surface area (Å²) in [6, 6.07) is 5.08. The van der Waals surface area contributed by atoms with Gasteiger partial charge in [-0.25, -0.2) is 4.98 Å². The van der Waals surface area contributed by atoms with Crippen molar-refractivity contribution in [2.75, 3.05) is 11.5 Å². The van der Waals surface area contributed by atoms with Crippen molar-refractivity contribution in [3.8, 4) is 11.1 Å². The third kappa shape index (κ3) is 2.20. The molecule has 0 atom stereocenters. The lowest BCUT2D eigenvalue weighted by molar-refractivity contribution is -0.137. The molecule has 0 aliphatic rings. The molecule has 7 heteroatoms. The second kappa shape index (κ2) is 4.17. The number of nitrogen functional groups attached to an aromatic ring is 2. The first-order valence-electron chi connectivity index (χ1n) is 4.94. The van der Waals surface area contributed by atoms with E-state index in [1.54, 1.807) is 0 Å². The van der Waals surface area contributed by atoms with Crippen LogP contribution in [0, 0.1) is 0 Å². The number of alkyl halides is 3. The van der Waals surface area contributed by atoms with Crippen LogP contribution < -0.4 is 11.5 Å². The summed E-state index contributed by atoms with van der Waals surface area (Å²) in [6.07, 6.45) is -3.29. The van der Waals surface area contributed by atoms with Gasteiger partial charge in [0.15, 0.2) is 0 Å². The molecule has 1 heterocycles. The Kier molecular flexibility index (Phi) is 2.82. The van der Waals surface area contributed by atoms with Crippen molar-refractivity contribution in [3.05, 3.63) is 36.0 Å². The molecule has 2 rings (SSSR count). The maximum atomic E-state index is 12.8. The molecular formula is C11H9F3N4. The Morgan fingerprint density at radius 1 is 1.00 bits per heavy atom. The predicted molar refractivity (Wildman–Crippen MR) is 61.3 cm³/mol. The molecule has 0 unspecified atom stereocenters. The first-order chi connectivity index (χ1) is 8.39. The molecule has 0 saturated carbocycles. The Morgan fingerprint density at radius 2 is 1.67 bits per heavy atom. The fourth-order valence-electron chi connectivity index (χ4n) is 1.58. The first kappa shape index (κ1) is 12.2. The Labute approximate surface area is 100 Å². The van der Waals surface area contributed by atoms with Gasteiger partial charge in [-0.1, -0.05) is 18.2 Å². The maximum Gasteiger partial charge on any atom is 0.417 e. The van der Waals surface area contributed by atoms with E-state index >= 15 is 0 Å². The van der Waals surface area contributed by atoms with Crippen molar-refractivity contribution in [1.82, 2.24) is 9.97 Å². The number of hydrogen-bond acceptors (Lipinski definition) is 4. The van der Waals surface area contributed by atoms with Crippen molar-refractivity contribution >= 4 is 11.8 Å².